The summed E-state index contributed by atoms with van der Waals surface area (Å²) in [6.45, 7) is 4.92. The molecule has 2 nitrogen and oxygen atoms in total. The SMILES string of the molecule is Cc1ccccc1CNc1ccc(Br)c(C)n1. The quantitative estimate of drug-likeness (QED) is 0.922. The number of rotatable bonds is 3. The van der Waals surface area contributed by atoms with E-state index in [2.05, 4.69) is 57.4 Å². The Balaban J connectivity index is 2.08. The molecule has 3 heteroatoms. The highest BCUT2D eigenvalue weighted by Gasteiger charge is 2.00. The van der Waals surface area contributed by atoms with E-state index in [1.165, 1.54) is 11.1 Å². The van der Waals surface area contributed by atoms with Crippen molar-refractivity contribution in [3.63, 3.8) is 0 Å². The van der Waals surface area contributed by atoms with Crippen LogP contribution in [0.3, 0.4) is 0 Å². The monoisotopic (exact) mass is 290 g/mol. The third-order valence-corrected chi connectivity index (χ3v) is 3.58. The summed E-state index contributed by atoms with van der Waals surface area (Å²) < 4.78 is 1.04. The summed E-state index contributed by atoms with van der Waals surface area (Å²) in [4.78, 5) is 4.46. The van der Waals surface area contributed by atoms with Gasteiger partial charge in [0.15, 0.2) is 0 Å². The molecule has 0 fully saturated rings. The Hall–Kier alpha value is -1.35. The highest BCUT2D eigenvalue weighted by Crippen LogP contribution is 2.17. The Morgan fingerprint density at radius 3 is 2.59 bits per heavy atom. The van der Waals surface area contributed by atoms with E-state index in [4.69, 9.17) is 0 Å². The maximum Gasteiger partial charge on any atom is 0.126 e. The first-order valence-electron chi connectivity index (χ1n) is 5.58. The van der Waals surface area contributed by atoms with E-state index in [0.717, 1.165) is 22.5 Å². The molecule has 1 heterocycles. The second-order valence-electron chi connectivity index (χ2n) is 4.04. The lowest BCUT2D eigenvalue weighted by Crippen LogP contribution is -2.03. The average molecular weight is 291 g/mol. The van der Waals surface area contributed by atoms with Crippen LogP contribution < -0.4 is 5.32 Å². The van der Waals surface area contributed by atoms with Crippen LogP contribution in [0.4, 0.5) is 5.82 Å². The molecule has 0 atom stereocenters. The van der Waals surface area contributed by atoms with Crippen molar-refractivity contribution in [2.24, 2.45) is 0 Å². The van der Waals surface area contributed by atoms with Gasteiger partial charge in [0.25, 0.3) is 0 Å². The molecular formula is C14H15BrN2. The van der Waals surface area contributed by atoms with E-state index in [1.54, 1.807) is 0 Å². The zero-order valence-corrected chi connectivity index (χ0v) is 11.6. The third kappa shape index (κ3) is 3.07. The van der Waals surface area contributed by atoms with Gasteiger partial charge in [0.2, 0.25) is 0 Å². The molecule has 17 heavy (non-hydrogen) atoms. The average Bonchev–Trinajstić information content (AvgIpc) is 2.32. The van der Waals surface area contributed by atoms with Gasteiger partial charge in [0, 0.05) is 11.0 Å². The third-order valence-electron chi connectivity index (χ3n) is 2.74. The number of pyridine rings is 1. The second-order valence-corrected chi connectivity index (χ2v) is 4.90. The molecule has 2 aromatic rings. The van der Waals surface area contributed by atoms with Crippen LogP contribution >= 0.6 is 15.9 Å². The molecule has 0 aliphatic rings. The summed E-state index contributed by atoms with van der Waals surface area (Å²) >= 11 is 3.45. The minimum absolute atomic E-state index is 0.806. The van der Waals surface area contributed by atoms with Crippen molar-refractivity contribution in [1.82, 2.24) is 4.98 Å². The van der Waals surface area contributed by atoms with E-state index in [0.29, 0.717) is 0 Å². The van der Waals surface area contributed by atoms with Gasteiger partial charge in [-0.2, -0.15) is 0 Å². The summed E-state index contributed by atoms with van der Waals surface area (Å²) in [7, 11) is 0. The van der Waals surface area contributed by atoms with Gasteiger partial charge in [0.1, 0.15) is 5.82 Å². The predicted molar refractivity (Wildman–Crippen MR) is 75.2 cm³/mol. The Bertz CT molecular complexity index is 523. The van der Waals surface area contributed by atoms with Crippen molar-refractivity contribution in [3.8, 4) is 0 Å². The fraction of sp³-hybridized carbons (Fsp3) is 0.214. The molecule has 0 bridgehead atoms. The first-order valence-corrected chi connectivity index (χ1v) is 6.37. The van der Waals surface area contributed by atoms with E-state index in [-0.39, 0.29) is 0 Å². The topological polar surface area (TPSA) is 24.9 Å². The summed E-state index contributed by atoms with van der Waals surface area (Å²) in [5.74, 6) is 0.911. The molecule has 0 amide bonds. The van der Waals surface area contributed by atoms with Gasteiger partial charge < -0.3 is 5.32 Å². The van der Waals surface area contributed by atoms with Crippen molar-refractivity contribution in [1.29, 1.82) is 0 Å². The van der Waals surface area contributed by atoms with Gasteiger partial charge in [-0.15, -0.1) is 0 Å². The highest BCUT2D eigenvalue weighted by molar-refractivity contribution is 9.10. The van der Waals surface area contributed by atoms with Crippen LogP contribution in [0.2, 0.25) is 0 Å². The molecule has 88 valence electrons. The number of aromatic nitrogens is 1. The van der Waals surface area contributed by atoms with Gasteiger partial charge in [-0.25, -0.2) is 4.98 Å². The van der Waals surface area contributed by atoms with Gasteiger partial charge in [-0.05, 0) is 53.0 Å². The first-order chi connectivity index (χ1) is 8.16. The van der Waals surface area contributed by atoms with Crippen molar-refractivity contribution >= 4 is 21.7 Å². The summed E-state index contributed by atoms with van der Waals surface area (Å²) in [6, 6.07) is 12.4. The zero-order valence-electron chi connectivity index (χ0n) is 10.00. The molecule has 0 radical (unpaired) electrons. The number of anilines is 1. The standard InChI is InChI=1S/C14H15BrN2/c1-10-5-3-4-6-12(10)9-16-14-8-7-13(15)11(2)17-14/h3-8H,9H2,1-2H3,(H,16,17). The molecule has 1 aromatic carbocycles. The molecule has 0 aliphatic carbocycles. The Kier molecular flexibility index (Phi) is 3.79. The minimum atomic E-state index is 0.806. The normalized spacial score (nSPS) is 10.3. The van der Waals surface area contributed by atoms with E-state index in [9.17, 15) is 0 Å². The highest BCUT2D eigenvalue weighted by atomic mass is 79.9. The summed E-state index contributed by atoms with van der Waals surface area (Å²) in [5, 5.41) is 3.34. The van der Waals surface area contributed by atoms with E-state index in [1.807, 2.05) is 19.1 Å². The fourth-order valence-electron chi connectivity index (χ4n) is 1.64. The summed E-state index contributed by atoms with van der Waals surface area (Å²) in [5.41, 5.74) is 3.60. The smallest absolute Gasteiger partial charge is 0.126 e. The maximum absolute atomic E-state index is 4.46. The molecule has 1 aromatic heterocycles. The van der Waals surface area contributed by atoms with Gasteiger partial charge in [-0.3, -0.25) is 0 Å². The number of aryl methyl sites for hydroxylation is 2. The number of halogens is 1. The van der Waals surface area contributed by atoms with Crippen LogP contribution in [0.25, 0.3) is 0 Å². The van der Waals surface area contributed by atoms with Gasteiger partial charge in [0.05, 0.1) is 5.69 Å². The number of benzene rings is 1. The van der Waals surface area contributed by atoms with Crippen LogP contribution in [0.15, 0.2) is 40.9 Å². The molecule has 2 rings (SSSR count). The lowest BCUT2D eigenvalue weighted by atomic mass is 10.1. The van der Waals surface area contributed by atoms with Crippen LogP contribution in [0.5, 0.6) is 0 Å². The maximum atomic E-state index is 4.46. The molecule has 0 saturated carbocycles. The number of nitrogens with zero attached hydrogens (tertiary/aromatic N) is 1. The molecular weight excluding hydrogens is 276 g/mol. The lowest BCUT2D eigenvalue weighted by Gasteiger charge is -2.09. The molecule has 0 unspecified atom stereocenters. The largest absolute Gasteiger partial charge is 0.366 e. The first kappa shape index (κ1) is 12.1. The number of hydrogen-bond donors (Lipinski definition) is 1. The lowest BCUT2D eigenvalue weighted by molar-refractivity contribution is 1.07. The van der Waals surface area contributed by atoms with Crippen molar-refractivity contribution in [2.45, 2.75) is 20.4 Å². The van der Waals surface area contributed by atoms with E-state index >= 15 is 0 Å². The zero-order chi connectivity index (χ0) is 12.3. The van der Waals surface area contributed by atoms with E-state index < -0.39 is 0 Å². The van der Waals surface area contributed by atoms with Gasteiger partial charge >= 0.3 is 0 Å². The van der Waals surface area contributed by atoms with Crippen LogP contribution in [0, 0.1) is 13.8 Å². The minimum Gasteiger partial charge on any atom is -0.366 e. The van der Waals surface area contributed by atoms with Crippen LogP contribution in [-0.4, -0.2) is 4.98 Å². The molecule has 1 N–H and O–H groups in total. The Morgan fingerprint density at radius 2 is 1.88 bits per heavy atom. The predicted octanol–water partition coefficient (Wildman–Crippen LogP) is 4.07. The van der Waals surface area contributed by atoms with Crippen molar-refractivity contribution < 1.29 is 0 Å². The number of hydrogen-bond acceptors (Lipinski definition) is 2. The Morgan fingerprint density at radius 1 is 1.12 bits per heavy atom. The summed E-state index contributed by atoms with van der Waals surface area (Å²) in [6.07, 6.45) is 0. The fourth-order valence-corrected chi connectivity index (χ4v) is 1.86. The Labute approximate surface area is 110 Å². The van der Waals surface area contributed by atoms with Gasteiger partial charge in [-0.1, -0.05) is 24.3 Å². The molecule has 0 aliphatic heterocycles. The van der Waals surface area contributed by atoms with Crippen molar-refractivity contribution in [2.75, 3.05) is 5.32 Å². The van der Waals surface area contributed by atoms with Crippen LogP contribution in [0.1, 0.15) is 16.8 Å². The van der Waals surface area contributed by atoms with Crippen LogP contribution in [-0.2, 0) is 6.54 Å². The number of nitrogens with one attached hydrogen (secondary N) is 1. The molecule has 0 saturated heterocycles. The van der Waals surface area contributed by atoms with Crippen molar-refractivity contribution in [3.05, 3.63) is 57.7 Å². The molecule has 0 spiro atoms. The second kappa shape index (κ2) is 5.32.